The van der Waals surface area contributed by atoms with Gasteiger partial charge in [-0.3, -0.25) is 4.79 Å². The van der Waals surface area contributed by atoms with Crippen molar-refractivity contribution in [2.45, 2.75) is 24.6 Å². The van der Waals surface area contributed by atoms with Crippen LogP contribution in [0.3, 0.4) is 0 Å². The Morgan fingerprint density at radius 3 is 2.41 bits per heavy atom. The molecule has 140 valence electrons. The van der Waals surface area contributed by atoms with E-state index in [1.807, 2.05) is 32.0 Å². The van der Waals surface area contributed by atoms with E-state index in [9.17, 15) is 9.18 Å². The molecular formula is C20H20FN3O2S. The van der Waals surface area contributed by atoms with Crippen molar-refractivity contribution in [2.75, 3.05) is 13.1 Å². The molecule has 0 saturated carbocycles. The van der Waals surface area contributed by atoms with E-state index in [-0.39, 0.29) is 11.7 Å². The van der Waals surface area contributed by atoms with Crippen molar-refractivity contribution in [2.24, 2.45) is 0 Å². The second-order valence-electron chi connectivity index (χ2n) is 5.80. The first kappa shape index (κ1) is 19.1. The molecule has 0 atom stereocenters. The van der Waals surface area contributed by atoms with Crippen LogP contribution in [0.4, 0.5) is 4.39 Å². The van der Waals surface area contributed by atoms with Crippen LogP contribution in [0.25, 0.3) is 11.3 Å². The number of carbonyl (C=O) groups is 1. The molecule has 27 heavy (non-hydrogen) atoms. The summed E-state index contributed by atoms with van der Waals surface area (Å²) in [5, 5.41) is 9.12. The molecule has 2 aromatic heterocycles. The SMILES string of the molecule is CCN(CC)C(=O)c1ccc(CSc2ccc(-c3ccc(F)cc3)nn2)o1. The highest BCUT2D eigenvalue weighted by Crippen LogP contribution is 2.24. The lowest BCUT2D eigenvalue weighted by Gasteiger charge is -2.16. The number of halogens is 1. The molecule has 0 N–H and O–H groups in total. The molecule has 0 fully saturated rings. The van der Waals surface area contributed by atoms with Gasteiger partial charge in [0.2, 0.25) is 0 Å². The largest absolute Gasteiger partial charge is 0.455 e. The molecule has 3 aromatic rings. The Balaban J connectivity index is 1.60. The maximum absolute atomic E-state index is 13.0. The van der Waals surface area contributed by atoms with Gasteiger partial charge >= 0.3 is 0 Å². The van der Waals surface area contributed by atoms with Gasteiger partial charge < -0.3 is 9.32 Å². The van der Waals surface area contributed by atoms with E-state index < -0.39 is 0 Å². The Bertz CT molecular complexity index is 890. The minimum atomic E-state index is -0.281. The molecular weight excluding hydrogens is 365 g/mol. The van der Waals surface area contributed by atoms with E-state index in [4.69, 9.17) is 4.42 Å². The minimum absolute atomic E-state index is 0.0975. The van der Waals surface area contributed by atoms with Crippen molar-refractivity contribution >= 4 is 17.7 Å². The van der Waals surface area contributed by atoms with Crippen LogP contribution in [0, 0.1) is 5.82 Å². The van der Waals surface area contributed by atoms with E-state index in [0.717, 1.165) is 10.6 Å². The molecule has 0 aliphatic heterocycles. The molecule has 0 saturated heterocycles. The average Bonchev–Trinajstić information content (AvgIpc) is 3.17. The molecule has 0 aliphatic rings. The third-order valence-corrected chi connectivity index (χ3v) is 5.01. The van der Waals surface area contributed by atoms with E-state index in [2.05, 4.69) is 10.2 Å². The summed E-state index contributed by atoms with van der Waals surface area (Å²) in [6.45, 7) is 5.18. The zero-order valence-corrected chi connectivity index (χ0v) is 16.0. The lowest BCUT2D eigenvalue weighted by Crippen LogP contribution is -2.30. The Labute approximate surface area is 161 Å². The monoisotopic (exact) mass is 385 g/mol. The van der Waals surface area contributed by atoms with Crippen LogP contribution in [0.1, 0.15) is 30.2 Å². The van der Waals surface area contributed by atoms with Crippen LogP contribution >= 0.6 is 11.8 Å². The van der Waals surface area contributed by atoms with Gasteiger partial charge in [-0.25, -0.2) is 4.39 Å². The molecule has 5 nitrogen and oxygen atoms in total. The summed E-state index contributed by atoms with van der Waals surface area (Å²) in [6, 6.07) is 13.4. The summed E-state index contributed by atoms with van der Waals surface area (Å²) in [7, 11) is 0. The molecule has 1 aromatic carbocycles. The molecule has 0 aliphatic carbocycles. The predicted octanol–water partition coefficient (Wildman–Crippen LogP) is 4.65. The van der Waals surface area contributed by atoms with Gasteiger partial charge in [0.25, 0.3) is 5.91 Å². The number of aromatic nitrogens is 2. The highest BCUT2D eigenvalue weighted by atomic mass is 32.2. The second kappa shape index (κ2) is 8.81. The van der Waals surface area contributed by atoms with Gasteiger partial charge in [0.05, 0.1) is 11.4 Å². The van der Waals surface area contributed by atoms with Crippen LogP contribution < -0.4 is 0 Å². The molecule has 1 amide bonds. The molecule has 0 radical (unpaired) electrons. The van der Waals surface area contributed by atoms with Crippen molar-refractivity contribution in [1.82, 2.24) is 15.1 Å². The summed E-state index contributed by atoms with van der Waals surface area (Å²) in [6.07, 6.45) is 0. The van der Waals surface area contributed by atoms with Crippen molar-refractivity contribution in [1.29, 1.82) is 0 Å². The van der Waals surface area contributed by atoms with Gasteiger partial charge in [-0.15, -0.1) is 10.2 Å². The van der Waals surface area contributed by atoms with Crippen molar-refractivity contribution in [3.05, 3.63) is 65.9 Å². The molecule has 0 unspecified atom stereocenters. The Morgan fingerprint density at radius 2 is 1.78 bits per heavy atom. The van der Waals surface area contributed by atoms with E-state index >= 15 is 0 Å². The first-order valence-electron chi connectivity index (χ1n) is 8.71. The fraction of sp³-hybridized carbons (Fsp3) is 0.250. The van der Waals surface area contributed by atoms with E-state index in [0.29, 0.717) is 36.1 Å². The summed E-state index contributed by atoms with van der Waals surface area (Å²) in [5.41, 5.74) is 1.50. The third-order valence-electron chi connectivity index (χ3n) is 4.07. The second-order valence-corrected chi connectivity index (χ2v) is 6.79. The van der Waals surface area contributed by atoms with Crippen LogP contribution in [-0.4, -0.2) is 34.1 Å². The van der Waals surface area contributed by atoms with Gasteiger partial charge in [0, 0.05) is 18.7 Å². The van der Waals surface area contributed by atoms with Crippen LogP contribution in [0.2, 0.25) is 0 Å². The van der Waals surface area contributed by atoms with Crippen LogP contribution in [0.15, 0.2) is 58.0 Å². The number of furan rings is 1. The topological polar surface area (TPSA) is 59.2 Å². The molecule has 0 spiro atoms. The Kier molecular flexibility index (Phi) is 6.24. The maximum atomic E-state index is 13.0. The van der Waals surface area contributed by atoms with Crippen LogP contribution in [0.5, 0.6) is 0 Å². The summed E-state index contributed by atoms with van der Waals surface area (Å²) in [4.78, 5) is 14.0. The molecule has 2 heterocycles. The van der Waals surface area contributed by atoms with Gasteiger partial charge in [-0.05, 0) is 62.4 Å². The number of amides is 1. The standard InChI is InChI=1S/C20H20FN3O2S/c1-3-24(4-2)20(25)18-11-9-16(26-18)13-27-19-12-10-17(22-23-19)14-5-7-15(21)8-6-14/h5-12H,3-4,13H2,1-2H3. The van der Waals surface area contributed by atoms with Gasteiger partial charge in [-0.2, -0.15) is 0 Å². The zero-order valence-electron chi connectivity index (χ0n) is 15.2. The summed E-state index contributed by atoms with van der Waals surface area (Å²) < 4.78 is 18.7. The van der Waals surface area contributed by atoms with Crippen molar-refractivity contribution in [3.63, 3.8) is 0 Å². The molecule has 7 heteroatoms. The zero-order chi connectivity index (χ0) is 19.2. The smallest absolute Gasteiger partial charge is 0.289 e. The number of nitrogens with zero attached hydrogens (tertiary/aromatic N) is 3. The Morgan fingerprint density at radius 1 is 1.04 bits per heavy atom. The number of hydrogen-bond donors (Lipinski definition) is 0. The lowest BCUT2D eigenvalue weighted by molar-refractivity contribution is 0.0739. The van der Waals surface area contributed by atoms with E-state index in [1.165, 1.54) is 23.9 Å². The fourth-order valence-corrected chi connectivity index (χ4v) is 3.26. The predicted molar refractivity (Wildman–Crippen MR) is 103 cm³/mol. The maximum Gasteiger partial charge on any atom is 0.289 e. The first-order valence-corrected chi connectivity index (χ1v) is 9.69. The normalized spacial score (nSPS) is 10.8. The van der Waals surface area contributed by atoms with Crippen molar-refractivity contribution < 1.29 is 13.6 Å². The highest BCUT2D eigenvalue weighted by molar-refractivity contribution is 7.98. The fourth-order valence-electron chi connectivity index (χ4n) is 2.55. The minimum Gasteiger partial charge on any atom is -0.455 e. The van der Waals surface area contributed by atoms with Gasteiger partial charge in [-0.1, -0.05) is 11.8 Å². The van der Waals surface area contributed by atoms with Crippen molar-refractivity contribution in [3.8, 4) is 11.3 Å². The average molecular weight is 385 g/mol. The lowest BCUT2D eigenvalue weighted by atomic mass is 10.1. The molecule has 3 rings (SSSR count). The number of carbonyl (C=O) groups excluding carboxylic acids is 1. The van der Waals surface area contributed by atoms with E-state index in [1.54, 1.807) is 23.1 Å². The number of thioether (sulfide) groups is 1. The van der Waals surface area contributed by atoms with Gasteiger partial charge in [0.1, 0.15) is 16.6 Å². The highest BCUT2D eigenvalue weighted by Gasteiger charge is 2.16. The number of rotatable bonds is 7. The van der Waals surface area contributed by atoms with Crippen LogP contribution in [-0.2, 0) is 5.75 Å². The first-order chi connectivity index (χ1) is 13.1. The Hall–Kier alpha value is -2.67. The number of hydrogen-bond acceptors (Lipinski definition) is 5. The summed E-state index contributed by atoms with van der Waals surface area (Å²) in [5.74, 6) is 1.23. The molecule has 0 bridgehead atoms. The quantitative estimate of drug-likeness (QED) is 0.554. The summed E-state index contributed by atoms with van der Waals surface area (Å²) >= 11 is 1.47. The third kappa shape index (κ3) is 4.74. The number of benzene rings is 1. The van der Waals surface area contributed by atoms with Gasteiger partial charge in [0.15, 0.2) is 5.76 Å².